The maximum absolute atomic E-state index is 10.6. The molecule has 30 heavy (non-hydrogen) atoms. The number of hydrogen-bond donors (Lipinski definition) is 1. The lowest BCUT2D eigenvalue weighted by molar-refractivity contribution is 0.0255. The van der Waals surface area contributed by atoms with Crippen molar-refractivity contribution < 1.29 is 19.3 Å². The zero-order chi connectivity index (χ0) is 21.2. The predicted molar refractivity (Wildman–Crippen MR) is 118 cm³/mol. The van der Waals surface area contributed by atoms with Gasteiger partial charge in [-0.25, -0.2) is 0 Å². The maximum atomic E-state index is 10.6. The highest BCUT2D eigenvalue weighted by atomic mass is 16.5. The molecule has 0 bridgehead atoms. The summed E-state index contributed by atoms with van der Waals surface area (Å²) in [5.74, 6) is 1.68. The Morgan fingerprint density at radius 2 is 1.83 bits per heavy atom. The Bertz CT molecular complexity index is 747. The number of morpholine rings is 1. The fraction of sp³-hybridized carbons (Fsp3) is 0.500. The molecule has 1 aliphatic rings. The zero-order valence-corrected chi connectivity index (χ0v) is 18.1. The average molecular weight is 415 g/mol. The number of aliphatic hydroxyl groups excluding tert-OH is 1. The number of rotatable bonds is 11. The van der Waals surface area contributed by atoms with Crippen molar-refractivity contribution in [3.05, 3.63) is 59.7 Å². The molecule has 0 unspecified atom stereocenters. The van der Waals surface area contributed by atoms with Crippen LogP contribution in [0.1, 0.15) is 11.1 Å². The number of benzene rings is 2. The van der Waals surface area contributed by atoms with E-state index in [0.29, 0.717) is 6.54 Å². The van der Waals surface area contributed by atoms with E-state index in [4.69, 9.17) is 14.2 Å². The van der Waals surface area contributed by atoms with E-state index in [9.17, 15) is 5.11 Å². The average Bonchev–Trinajstić information content (AvgIpc) is 2.78. The third kappa shape index (κ3) is 7.29. The Labute approximate surface area is 180 Å². The Morgan fingerprint density at radius 3 is 2.53 bits per heavy atom. The van der Waals surface area contributed by atoms with Crippen LogP contribution in [0.5, 0.6) is 11.5 Å². The lowest BCUT2D eigenvalue weighted by atomic mass is 10.2. The second-order valence-corrected chi connectivity index (χ2v) is 7.77. The fourth-order valence-corrected chi connectivity index (χ4v) is 3.59. The Balaban J connectivity index is 1.56. The van der Waals surface area contributed by atoms with Gasteiger partial charge in [-0.3, -0.25) is 9.80 Å². The van der Waals surface area contributed by atoms with Crippen molar-refractivity contribution in [2.75, 3.05) is 59.7 Å². The molecule has 0 radical (unpaired) electrons. The van der Waals surface area contributed by atoms with Crippen LogP contribution >= 0.6 is 0 Å². The number of aliphatic hydroxyl groups is 1. The van der Waals surface area contributed by atoms with Crippen LogP contribution in [0.4, 0.5) is 0 Å². The summed E-state index contributed by atoms with van der Waals surface area (Å²) in [5, 5.41) is 10.6. The van der Waals surface area contributed by atoms with E-state index in [1.807, 2.05) is 43.3 Å². The normalized spacial score (nSPS) is 15.9. The quantitative estimate of drug-likeness (QED) is 0.610. The van der Waals surface area contributed by atoms with Crippen LogP contribution < -0.4 is 9.47 Å². The van der Waals surface area contributed by atoms with E-state index in [0.717, 1.165) is 63.0 Å². The van der Waals surface area contributed by atoms with Crippen LogP contribution in [0.2, 0.25) is 0 Å². The van der Waals surface area contributed by atoms with Gasteiger partial charge < -0.3 is 19.3 Å². The highest BCUT2D eigenvalue weighted by Crippen LogP contribution is 2.17. The van der Waals surface area contributed by atoms with Crippen molar-refractivity contribution in [3.63, 3.8) is 0 Å². The van der Waals surface area contributed by atoms with Crippen LogP contribution in [0.3, 0.4) is 0 Å². The highest BCUT2D eigenvalue weighted by molar-refractivity contribution is 5.31. The minimum atomic E-state index is -0.562. The Kier molecular flexibility index (Phi) is 8.96. The van der Waals surface area contributed by atoms with E-state index >= 15 is 0 Å². The van der Waals surface area contributed by atoms with Crippen LogP contribution in [0, 0.1) is 6.92 Å². The number of nitrogens with zero attached hydrogens (tertiary/aromatic N) is 2. The molecule has 2 aromatic rings. The van der Waals surface area contributed by atoms with Crippen LogP contribution in [-0.2, 0) is 11.3 Å². The summed E-state index contributed by atoms with van der Waals surface area (Å²) in [4.78, 5) is 4.71. The smallest absolute Gasteiger partial charge is 0.122 e. The maximum Gasteiger partial charge on any atom is 0.122 e. The van der Waals surface area contributed by atoms with E-state index in [1.54, 1.807) is 7.11 Å². The number of methoxy groups -OCH3 is 1. The van der Waals surface area contributed by atoms with Crippen molar-refractivity contribution >= 4 is 0 Å². The summed E-state index contributed by atoms with van der Waals surface area (Å²) < 4.78 is 16.6. The van der Waals surface area contributed by atoms with Crippen molar-refractivity contribution in [1.29, 1.82) is 0 Å². The monoisotopic (exact) mass is 414 g/mol. The number of hydrogen-bond acceptors (Lipinski definition) is 6. The van der Waals surface area contributed by atoms with Gasteiger partial charge in [0.05, 0.1) is 20.3 Å². The van der Waals surface area contributed by atoms with Crippen molar-refractivity contribution in [2.45, 2.75) is 19.6 Å². The molecule has 0 aromatic heterocycles. The molecule has 164 valence electrons. The first-order valence-electron chi connectivity index (χ1n) is 10.7. The molecule has 1 N–H and O–H groups in total. The minimum absolute atomic E-state index is 0.279. The molecule has 1 heterocycles. The number of aryl methyl sites for hydroxylation is 1. The van der Waals surface area contributed by atoms with Gasteiger partial charge in [-0.05, 0) is 36.2 Å². The van der Waals surface area contributed by atoms with Gasteiger partial charge in [0.1, 0.15) is 24.2 Å². The molecule has 1 fully saturated rings. The van der Waals surface area contributed by atoms with Gasteiger partial charge in [0.15, 0.2) is 0 Å². The molecule has 0 aliphatic carbocycles. The largest absolute Gasteiger partial charge is 0.497 e. The zero-order valence-electron chi connectivity index (χ0n) is 18.1. The minimum Gasteiger partial charge on any atom is -0.497 e. The molecule has 1 atom stereocenters. The first-order valence-corrected chi connectivity index (χ1v) is 10.7. The first-order chi connectivity index (χ1) is 14.6. The molecule has 6 nitrogen and oxygen atoms in total. The summed E-state index contributed by atoms with van der Waals surface area (Å²) in [6, 6.07) is 16.0. The molecular weight excluding hydrogens is 380 g/mol. The lowest BCUT2D eigenvalue weighted by Gasteiger charge is -2.31. The molecular formula is C24H34N2O4. The van der Waals surface area contributed by atoms with Gasteiger partial charge in [0.25, 0.3) is 0 Å². The highest BCUT2D eigenvalue weighted by Gasteiger charge is 2.16. The summed E-state index contributed by atoms with van der Waals surface area (Å²) >= 11 is 0. The van der Waals surface area contributed by atoms with Gasteiger partial charge in [0.2, 0.25) is 0 Å². The SMILES string of the molecule is COc1ccc(CN(CCN2CCOCC2)C[C@H](O)COc2ccccc2C)cc1. The molecule has 0 spiro atoms. The first kappa shape index (κ1) is 22.6. The molecule has 6 heteroatoms. The third-order valence-corrected chi connectivity index (χ3v) is 5.40. The standard InChI is InChI=1S/C24H34N2O4/c1-20-5-3-4-6-24(20)30-19-22(27)18-26(12-11-25-13-15-29-16-14-25)17-21-7-9-23(28-2)10-8-21/h3-10,22,27H,11-19H2,1-2H3/t22-/m0/s1. The van der Waals surface area contributed by atoms with E-state index in [1.165, 1.54) is 5.56 Å². The second kappa shape index (κ2) is 11.9. The van der Waals surface area contributed by atoms with Crippen molar-refractivity contribution in [1.82, 2.24) is 9.80 Å². The Morgan fingerprint density at radius 1 is 1.10 bits per heavy atom. The van der Waals surface area contributed by atoms with Crippen LogP contribution in [-0.4, -0.2) is 80.7 Å². The summed E-state index contributed by atoms with van der Waals surface area (Å²) in [7, 11) is 1.68. The van der Waals surface area contributed by atoms with Crippen LogP contribution in [0.25, 0.3) is 0 Å². The summed E-state index contributed by atoms with van der Waals surface area (Å²) in [5.41, 5.74) is 2.27. The van der Waals surface area contributed by atoms with E-state index in [-0.39, 0.29) is 6.61 Å². The molecule has 1 aliphatic heterocycles. The van der Waals surface area contributed by atoms with Gasteiger partial charge in [-0.15, -0.1) is 0 Å². The number of para-hydroxylation sites is 1. The third-order valence-electron chi connectivity index (χ3n) is 5.40. The molecule has 3 rings (SSSR count). The molecule has 1 saturated heterocycles. The number of ether oxygens (including phenoxy) is 3. The molecule has 0 saturated carbocycles. The topological polar surface area (TPSA) is 54.4 Å². The van der Waals surface area contributed by atoms with E-state index < -0.39 is 6.10 Å². The van der Waals surface area contributed by atoms with Crippen molar-refractivity contribution in [2.24, 2.45) is 0 Å². The molecule has 0 amide bonds. The lowest BCUT2D eigenvalue weighted by Crippen LogP contribution is -2.43. The predicted octanol–water partition coefficient (Wildman–Crippen LogP) is 2.58. The van der Waals surface area contributed by atoms with Gasteiger partial charge in [-0.2, -0.15) is 0 Å². The second-order valence-electron chi connectivity index (χ2n) is 7.77. The molecule has 2 aromatic carbocycles. The van der Waals surface area contributed by atoms with Gasteiger partial charge in [-0.1, -0.05) is 30.3 Å². The summed E-state index contributed by atoms with van der Waals surface area (Å²) in [6.45, 7) is 9.00. The van der Waals surface area contributed by atoms with Crippen molar-refractivity contribution in [3.8, 4) is 11.5 Å². The van der Waals surface area contributed by atoms with Gasteiger partial charge >= 0.3 is 0 Å². The van der Waals surface area contributed by atoms with Gasteiger partial charge in [0, 0.05) is 39.3 Å². The fourth-order valence-electron chi connectivity index (χ4n) is 3.59. The Hall–Kier alpha value is -2.12. The van der Waals surface area contributed by atoms with Crippen LogP contribution in [0.15, 0.2) is 48.5 Å². The summed E-state index contributed by atoms with van der Waals surface area (Å²) in [6.07, 6.45) is -0.562. The van der Waals surface area contributed by atoms with E-state index in [2.05, 4.69) is 21.9 Å².